The van der Waals surface area contributed by atoms with Gasteiger partial charge in [0, 0.05) is 21.7 Å². The van der Waals surface area contributed by atoms with E-state index in [4.69, 9.17) is 39.9 Å². The van der Waals surface area contributed by atoms with Crippen LogP contribution >= 0.6 is 34.8 Å². The molecule has 1 nitrogen and oxygen atoms in total. The van der Waals surface area contributed by atoms with E-state index in [1.54, 1.807) is 12.1 Å². The summed E-state index contributed by atoms with van der Waals surface area (Å²) in [7, 11) is 0. The molecule has 0 aliphatic rings. The Labute approximate surface area is 85.9 Å². The highest BCUT2D eigenvalue weighted by atomic mass is 35.5. The van der Waals surface area contributed by atoms with Crippen LogP contribution in [0.2, 0.25) is 15.1 Å². The number of rotatable bonds is 2. The summed E-state index contributed by atoms with van der Waals surface area (Å²) in [5.41, 5.74) is 0.741. The van der Waals surface area contributed by atoms with Crippen LogP contribution in [0.15, 0.2) is 12.1 Å². The van der Waals surface area contributed by atoms with Crippen LogP contribution in [-0.4, -0.2) is 11.7 Å². The molecule has 0 saturated heterocycles. The molecule has 12 heavy (non-hydrogen) atoms. The molecule has 0 unspecified atom stereocenters. The zero-order valence-corrected chi connectivity index (χ0v) is 8.42. The van der Waals surface area contributed by atoms with Gasteiger partial charge in [0.25, 0.3) is 0 Å². The third kappa shape index (κ3) is 2.27. The first-order valence-corrected chi connectivity index (χ1v) is 4.53. The maximum absolute atomic E-state index is 8.69. The largest absolute Gasteiger partial charge is 0.396 e. The quantitative estimate of drug-likeness (QED) is 0.820. The molecule has 0 saturated carbocycles. The van der Waals surface area contributed by atoms with Crippen LogP contribution < -0.4 is 0 Å². The van der Waals surface area contributed by atoms with Crippen LogP contribution in [0.25, 0.3) is 0 Å². The van der Waals surface area contributed by atoms with Gasteiger partial charge in [0.05, 0.1) is 0 Å². The van der Waals surface area contributed by atoms with Crippen molar-refractivity contribution in [2.75, 3.05) is 6.61 Å². The van der Waals surface area contributed by atoms with Gasteiger partial charge < -0.3 is 5.11 Å². The molecule has 0 aromatic heterocycles. The van der Waals surface area contributed by atoms with Crippen molar-refractivity contribution >= 4 is 34.8 Å². The molecule has 0 aliphatic carbocycles. The minimum Gasteiger partial charge on any atom is -0.396 e. The summed E-state index contributed by atoms with van der Waals surface area (Å²) in [4.78, 5) is 0. The third-order valence-corrected chi connectivity index (χ3v) is 2.36. The summed E-state index contributed by atoms with van der Waals surface area (Å²) >= 11 is 17.4. The lowest BCUT2D eigenvalue weighted by molar-refractivity contribution is 0.299. The molecule has 66 valence electrons. The molecule has 1 aromatic rings. The fraction of sp³-hybridized carbons (Fsp3) is 0.250. The molecule has 0 spiro atoms. The Kier molecular flexibility index (Phi) is 3.66. The van der Waals surface area contributed by atoms with E-state index in [9.17, 15) is 0 Å². The Morgan fingerprint density at radius 2 is 1.58 bits per heavy atom. The molecule has 0 atom stereocenters. The van der Waals surface area contributed by atoms with Crippen LogP contribution in [-0.2, 0) is 6.42 Å². The first kappa shape index (κ1) is 10.1. The summed E-state index contributed by atoms with van der Waals surface area (Å²) in [6.07, 6.45) is 0.453. The highest BCUT2D eigenvalue weighted by Crippen LogP contribution is 2.28. The molecule has 1 aromatic carbocycles. The lowest BCUT2D eigenvalue weighted by atomic mass is 10.1. The van der Waals surface area contributed by atoms with Crippen LogP contribution in [0.1, 0.15) is 5.56 Å². The maximum Gasteiger partial charge on any atom is 0.0472 e. The smallest absolute Gasteiger partial charge is 0.0472 e. The van der Waals surface area contributed by atoms with Crippen molar-refractivity contribution in [1.29, 1.82) is 0 Å². The topological polar surface area (TPSA) is 20.2 Å². The lowest BCUT2D eigenvalue weighted by Crippen LogP contribution is -1.92. The molecule has 0 radical (unpaired) electrons. The first-order valence-electron chi connectivity index (χ1n) is 3.39. The highest BCUT2D eigenvalue weighted by Gasteiger charge is 2.06. The van der Waals surface area contributed by atoms with Crippen LogP contribution in [0.3, 0.4) is 0 Å². The molecule has 0 fully saturated rings. The Hall–Kier alpha value is 0.0500. The first-order chi connectivity index (χ1) is 5.65. The van der Waals surface area contributed by atoms with Gasteiger partial charge in [0.1, 0.15) is 0 Å². The van der Waals surface area contributed by atoms with Crippen molar-refractivity contribution in [1.82, 2.24) is 0 Å². The Balaban J connectivity index is 3.10. The fourth-order valence-corrected chi connectivity index (χ4v) is 1.93. The van der Waals surface area contributed by atoms with Crippen molar-refractivity contribution in [2.24, 2.45) is 0 Å². The van der Waals surface area contributed by atoms with Gasteiger partial charge in [-0.3, -0.25) is 0 Å². The van der Waals surface area contributed by atoms with Gasteiger partial charge in [0.15, 0.2) is 0 Å². The van der Waals surface area contributed by atoms with Crippen molar-refractivity contribution in [3.63, 3.8) is 0 Å². The van der Waals surface area contributed by atoms with Crippen molar-refractivity contribution in [3.05, 3.63) is 32.8 Å². The normalized spacial score (nSPS) is 10.3. The average molecular weight is 226 g/mol. The minimum absolute atomic E-state index is 0.0288. The van der Waals surface area contributed by atoms with Crippen LogP contribution in [0, 0.1) is 0 Å². The van der Waals surface area contributed by atoms with E-state index in [-0.39, 0.29) is 6.61 Å². The maximum atomic E-state index is 8.69. The van der Waals surface area contributed by atoms with E-state index in [0.29, 0.717) is 21.5 Å². The summed E-state index contributed by atoms with van der Waals surface area (Å²) in [5, 5.41) is 10.2. The molecule has 0 heterocycles. The van der Waals surface area contributed by atoms with Crippen molar-refractivity contribution < 1.29 is 5.11 Å². The molecule has 4 heteroatoms. The molecule has 0 aliphatic heterocycles. The third-order valence-electron chi connectivity index (χ3n) is 1.47. The molecule has 1 rings (SSSR count). The Morgan fingerprint density at radius 1 is 1.08 bits per heavy atom. The highest BCUT2D eigenvalue weighted by molar-refractivity contribution is 6.39. The number of aliphatic hydroxyl groups is 1. The summed E-state index contributed by atoms with van der Waals surface area (Å²) in [5.74, 6) is 0. The zero-order chi connectivity index (χ0) is 9.14. The second-order valence-electron chi connectivity index (χ2n) is 2.32. The number of halogens is 3. The molecular weight excluding hydrogens is 218 g/mol. The van der Waals surface area contributed by atoms with E-state index in [2.05, 4.69) is 0 Å². The van der Waals surface area contributed by atoms with Crippen LogP contribution in [0.5, 0.6) is 0 Å². The zero-order valence-electron chi connectivity index (χ0n) is 6.15. The van der Waals surface area contributed by atoms with E-state index in [1.165, 1.54) is 0 Å². The van der Waals surface area contributed by atoms with Gasteiger partial charge in [-0.15, -0.1) is 0 Å². The fourth-order valence-electron chi connectivity index (χ4n) is 0.923. The monoisotopic (exact) mass is 224 g/mol. The Morgan fingerprint density at radius 3 is 2.00 bits per heavy atom. The van der Waals surface area contributed by atoms with Gasteiger partial charge in [-0.1, -0.05) is 34.8 Å². The average Bonchev–Trinajstić information content (AvgIpc) is 1.96. The number of hydrogen-bond donors (Lipinski definition) is 1. The van der Waals surface area contributed by atoms with Gasteiger partial charge in [-0.05, 0) is 24.1 Å². The van der Waals surface area contributed by atoms with Crippen molar-refractivity contribution in [3.8, 4) is 0 Å². The number of benzene rings is 1. The standard InChI is InChI=1S/C8H7Cl3O/c9-5-3-7(10)6(1-2-12)8(11)4-5/h3-4,12H,1-2H2. The van der Waals surface area contributed by atoms with Gasteiger partial charge in [-0.25, -0.2) is 0 Å². The number of hydrogen-bond acceptors (Lipinski definition) is 1. The summed E-state index contributed by atoms with van der Waals surface area (Å²) in [6, 6.07) is 3.22. The second kappa shape index (κ2) is 4.33. The van der Waals surface area contributed by atoms with Crippen molar-refractivity contribution in [2.45, 2.75) is 6.42 Å². The predicted octanol–water partition coefficient (Wildman–Crippen LogP) is 3.18. The van der Waals surface area contributed by atoms with E-state index >= 15 is 0 Å². The Bertz CT molecular complexity index is 263. The number of aliphatic hydroxyl groups excluding tert-OH is 1. The minimum atomic E-state index is 0.0288. The molecular formula is C8H7Cl3O. The SMILES string of the molecule is OCCc1c(Cl)cc(Cl)cc1Cl. The second-order valence-corrected chi connectivity index (χ2v) is 3.57. The van der Waals surface area contributed by atoms with Gasteiger partial charge >= 0.3 is 0 Å². The van der Waals surface area contributed by atoms with E-state index < -0.39 is 0 Å². The summed E-state index contributed by atoms with van der Waals surface area (Å²) in [6.45, 7) is 0.0288. The van der Waals surface area contributed by atoms with E-state index in [0.717, 1.165) is 5.56 Å². The molecule has 1 N–H and O–H groups in total. The molecule has 0 bridgehead atoms. The lowest BCUT2D eigenvalue weighted by Gasteiger charge is -2.05. The van der Waals surface area contributed by atoms with Gasteiger partial charge in [-0.2, -0.15) is 0 Å². The predicted molar refractivity (Wildman–Crippen MR) is 52.3 cm³/mol. The van der Waals surface area contributed by atoms with Gasteiger partial charge in [0.2, 0.25) is 0 Å². The van der Waals surface area contributed by atoms with Crippen LogP contribution in [0.4, 0.5) is 0 Å². The van der Waals surface area contributed by atoms with E-state index in [1.807, 2.05) is 0 Å². The summed E-state index contributed by atoms with van der Waals surface area (Å²) < 4.78 is 0. The molecule has 0 amide bonds.